The fourth-order valence-corrected chi connectivity index (χ4v) is 3.61. The van der Waals surface area contributed by atoms with Gasteiger partial charge in [0.2, 0.25) is 5.91 Å². The number of hydrogen-bond donors (Lipinski definition) is 2. The van der Waals surface area contributed by atoms with Crippen molar-refractivity contribution in [3.8, 4) is 0 Å². The average Bonchev–Trinajstić information content (AvgIpc) is 3.22. The summed E-state index contributed by atoms with van der Waals surface area (Å²) in [5, 5.41) is 3.41. The topological polar surface area (TPSA) is 61.6 Å². The highest BCUT2D eigenvalue weighted by molar-refractivity contribution is 5.86. The van der Waals surface area contributed by atoms with Crippen LogP contribution in [-0.2, 0) is 4.79 Å². The Kier molecular flexibility index (Phi) is 5.04. The lowest BCUT2D eigenvalue weighted by molar-refractivity contribution is -0.126. The molecule has 5 heteroatoms. The summed E-state index contributed by atoms with van der Waals surface area (Å²) >= 11 is 0. The number of primary amides is 1. The van der Waals surface area contributed by atoms with Gasteiger partial charge in [-0.1, -0.05) is 6.92 Å². The summed E-state index contributed by atoms with van der Waals surface area (Å²) in [7, 11) is 4.31. The van der Waals surface area contributed by atoms with Crippen LogP contribution in [0.25, 0.3) is 0 Å². The number of carbonyl (C=O) groups excluding carboxylic acids is 1. The van der Waals surface area contributed by atoms with Crippen molar-refractivity contribution in [3.05, 3.63) is 0 Å². The fraction of sp³-hybridized carbons (Fsp3) is 0.933. The van der Waals surface area contributed by atoms with E-state index in [0.717, 1.165) is 32.5 Å². The minimum Gasteiger partial charge on any atom is -0.368 e. The van der Waals surface area contributed by atoms with Crippen molar-refractivity contribution < 1.29 is 4.79 Å². The molecule has 116 valence electrons. The van der Waals surface area contributed by atoms with Crippen LogP contribution in [0.3, 0.4) is 0 Å². The van der Waals surface area contributed by atoms with Gasteiger partial charge in [-0.15, -0.1) is 0 Å². The monoisotopic (exact) mass is 282 g/mol. The molecule has 0 spiro atoms. The standard InChI is InChI=1S/C15H30N4O/c1-4-17-15(14(16)20,12-7-8-12)11-19(3)13-6-5-9-18(2)10-13/h12-13,17H,4-11H2,1-3H3,(H2,16,20). The smallest absolute Gasteiger partial charge is 0.239 e. The third kappa shape index (κ3) is 3.32. The number of amides is 1. The molecule has 3 N–H and O–H groups in total. The Balaban J connectivity index is 2.04. The number of nitrogens with two attached hydrogens (primary N) is 1. The molecule has 2 fully saturated rings. The highest BCUT2D eigenvalue weighted by Gasteiger charge is 2.50. The molecule has 2 atom stereocenters. The Hall–Kier alpha value is -0.650. The molecule has 1 saturated carbocycles. The second kappa shape index (κ2) is 6.41. The van der Waals surface area contributed by atoms with Gasteiger partial charge in [0.05, 0.1) is 0 Å². The lowest BCUT2D eigenvalue weighted by Gasteiger charge is -2.41. The van der Waals surface area contributed by atoms with Crippen LogP contribution in [0.15, 0.2) is 0 Å². The van der Waals surface area contributed by atoms with Crippen LogP contribution in [0, 0.1) is 5.92 Å². The highest BCUT2D eigenvalue weighted by atomic mass is 16.1. The Bertz CT molecular complexity index is 345. The molecule has 2 unspecified atom stereocenters. The molecular formula is C15H30N4O. The first kappa shape index (κ1) is 15.7. The van der Waals surface area contributed by atoms with Crippen molar-refractivity contribution in [1.82, 2.24) is 15.1 Å². The van der Waals surface area contributed by atoms with Crippen LogP contribution in [0.2, 0.25) is 0 Å². The third-order valence-corrected chi connectivity index (χ3v) is 4.93. The van der Waals surface area contributed by atoms with Gasteiger partial charge in [-0.3, -0.25) is 9.69 Å². The van der Waals surface area contributed by atoms with Crippen LogP contribution in [0.1, 0.15) is 32.6 Å². The number of piperidine rings is 1. The summed E-state index contributed by atoms with van der Waals surface area (Å²) in [6.45, 7) is 5.84. The van der Waals surface area contributed by atoms with Gasteiger partial charge in [-0.05, 0) is 58.8 Å². The number of likely N-dealkylation sites (N-methyl/N-ethyl adjacent to an activating group) is 3. The first-order valence-electron chi connectivity index (χ1n) is 7.93. The molecule has 2 rings (SSSR count). The third-order valence-electron chi connectivity index (χ3n) is 4.93. The maximum atomic E-state index is 12.1. The predicted octanol–water partition coefficient (Wildman–Crippen LogP) is 0.256. The quantitative estimate of drug-likeness (QED) is 0.703. The zero-order valence-corrected chi connectivity index (χ0v) is 13.2. The summed E-state index contributed by atoms with van der Waals surface area (Å²) in [6, 6.07) is 0.532. The van der Waals surface area contributed by atoms with Crippen LogP contribution >= 0.6 is 0 Å². The second-order valence-corrected chi connectivity index (χ2v) is 6.61. The number of likely N-dealkylation sites (tertiary alicyclic amines) is 1. The van der Waals surface area contributed by atoms with Gasteiger partial charge in [0.25, 0.3) is 0 Å². The van der Waals surface area contributed by atoms with E-state index in [-0.39, 0.29) is 5.91 Å². The zero-order chi connectivity index (χ0) is 14.8. The van der Waals surface area contributed by atoms with E-state index >= 15 is 0 Å². The number of rotatable bonds is 7. The Morgan fingerprint density at radius 2 is 2.15 bits per heavy atom. The highest BCUT2D eigenvalue weighted by Crippen LogP contribution is 2.40. The van der Waals surface area contributed by atoms with Gasteiger partial charge in [-0.25, -0.2) is 0 Å². The van der Waals surface area contributed by atoms with Gasteiger partial charge in [0, 0.05) is 19.1 Å². The molecule has 0 radical (unpaired) electrons. The lowest BCUT2D eigenvalue weighted by Crippen LogP contribution is -2.64. The first-order valence-corrected chi connectivity index (χ1v) is 7.93. The Labute approximate surface area is 122 Å². The normalized spacial score (nSPS) is 27.5. The zero-order valence-electron chi connectivity index (χ0n) is 13.2. The van der Waals surface area contributed by atoms with E-state index < -0.39 is 5.54 Å². The molecule has 1 heterocycles. The summed E-state index contributed by atoms with van der Waals surface area (Å²) in [4.78, 5) is 16.8. The van der Waals surface area contributed by atoms with Crippen LogP contribution in [-0.4, -0.2) is 67.6 Å². The maximum absolute atomic E-state index is 12.1. The van der Waals surface area contributed by atoms with Gasteiger partial charge >= 0.3 is 0 Å². The van der Waals surface area contributed by atoms with Gasteiger partial charge in [-0.2, -0.15) is 0 Å². The van der Waals surface area contributed by atoms with Gasteiger partial charge in [0.15, 0.2) is 0 Å². The lowest BCUT2D eigenvalue weighted by atomic mass is 9.90. The summed E-state index contributed by atoms with van der Waals surface area (Å²) < 4.78 is 0. The van der Waals surface area contributed by atoms with E-state index in [1.807, 2.05) is 0 Å². The molecule has 0 aromatic heterocycles. The predicted molar refractivity (Wildman–Crippen MR) is 81.5 cm³/mol. The molecular weight excluding hydrogens is 252 g/mol. The molecule has 1 amide bonds. The van der Waals surface area contributed by atoms with E-state index in [1.54, 1.807) is 0 Å². The maximum Gasteiger partial charge on any atom is 0.239 e. The number of nitrogens with zero attached hydrogens (tertiary/aromatic N) is 2. The second-order valence-electron chi connectivity index (χ2n) is 6.61. The van der Waals surface area contributed by atoms with E-state index in [4.69, 9.17) is 5.73 Å². The van der Waals surface area contributed by atoms with Crippen LogP contribution in [0.4, 0.5) is 0 Å². The van der Waals surface area contributed by atoms with E-state index in [0.29, 0.717) is 12.0 Å². The fourth-order valence-electron chi connectivity index (χ4n) is 3.61. The van der Waals surface area contributed by atoms with Crippen LogP contribution < -0.4 is 11.1 Å². The van der Waals surface area contributed by atoms with Crippen molar-refractivity contribution in [1.29, 1.82) is 0 Å². The summed E-state index contributed by atoms with van der Waals surface area (Å²) in [6.07, 6.45) is 4.69. The van der Waals surface area contributed by atoms with Crippen molar-refractivity contribution >= 4 is 5.91 Å². The van der Waals surface area contributed by atoms with E-state index in [2.05, 4.69) is 36.1 Å². The molecule has 0 aromatic rings. The minimum atomic E-state index is -0.528. The van der Waals surface area contributed by atoms with Gasteiger partial charge in [0.1, 0.15) is 5.54 Å². The average molecular weight is 282 g/mol. The Morgan fingerprint density at radius 1 is 1.45 bits per heavy atom. The van der Waals surface area contributed by atoms with Gasteiger partial charge < -0.3 is 16.0 Å². The summed E-state index contributed by atoms with van der Waals surface area (Å²) in [5.74, 6) is 0.238. The molecule has 5 nitrogen and oxygen atoms in total. The van der Waals surface area contributed by atoms with Crippen LogP contribution in [0.5, 0.6) is 0 Å². The number of carbonyl (C=O) groups is 1. The molecule has 1 saturated heterocycles. The van der Waals surface area contributed by atoms with Crippen molar-refractivity contribution in [2.75, 3.05) is 40.3 Å². The van der Waals surface area contributed by atoms with Crippen molar-refractivity contribution in [2.45, 2.75) is 44.2 Å². The SMILES string of the molecule is CCNC(CN(C)C1CCCN(C)C1)(C(N)=O)C1CC1. The number of hydrogen-bond acceptors (Lipinski definition) is 4. The largest absolute Gasteiger partial charge is 0.368 e. The first-order chi connectivity index (χ1) is 9.49. The van der Waals surface area contributed by atoms with Crippen molar-refractivity contribution in [3.63, 3.8) is 0 Å². The molecule has 1 aliphatic heterocycles. The van der Waals surface area contributed by atoms with E-state index in [9.17, 15) is 4.79 Å². The molecule has 2 aliphatic rings. The van der Waals surface area contributed by atoms with Crippen molar-refractivity contribution in [2.24, 2.45) is 11.7 Å². The summed E-state index contributed by atoms with van der Waals surface area (Å²) in [5.41, 5.74) is 5.24. The molecule has 0 aromatic carbocycles. The molecule has 1 aliphatic carbocycles. The molecule has 0 bridgehead atoms. The molecule has 20 heavy (non-hydrogen) atoms. The minimum absolute atomic E-state index is 0.183. The number of nitrogens with one attached hydrogen (secondary N) is 1. The van der Waals surface area contributed by atoms with E-state index in [1.165, 1.54) is 19.4 Å². The Morgan fingerprint density at radius 3 is 2.65 bits per heavy atom.